The first-order valence-electron chi connectivity index (χ1n) is 8.70. The van der Waals surface area contributed by atoms with Crippen molar-refractivity contribution in [3.8, 4) is 11.8 Å². The Morgan fingerprint density at radius 3 is 2.43 bits per heavy atom. The first-order chi connectivity index (χ1) is 13.4. The van der Waals surface area contributed by atoms with E-state index in [1.165, 1.54) is 6.92 Å². The lowest BCUT2D eigenvalue weighted by Crippen LogP contribution is -2.44. The van der Waals surface area contributed by atoms with Crippen LogP contribution in [0.2, 0.25) is 0 Å². The summed E-state index contributed by atoms with van der Waals surface area (Å²) in [5.74, 6) is -1.14. The first kappa shape index (κ1) is 19.1. The van der Waals surface area contributed by atoms with Crippen molar-refractivity contribution < 1.29 is 23.9 Å². The zero-order chi connectivity index (χ0) is 20.3. The number of imide groups is 1. The van der Waals surface area contributed by atoms with Gasteiger partial charge in [-0.3, -0.25) is 14.5 Å². The predicted octanol–water partition coefficient (Wildman–Crippen LogP) is 2.47. The molecule has 3 rings (SSSR count). The van der Waals surface area contributed by atoms with Gasteiger partial charge in [0.2, 0.25) is 0 Å². The van der Waals surface area contributed by atoms with Gasteiger partial charge in [0, 0.05) is 0 Å². The van der Waals surface area contributed by atoms with Crippen LogP contribution in [0.4, 0.5) is 0 Å². The van der Waals surface area contributed by atoms with Gasteiger partial charge in [-0.05, 0) is 50.2 Å². The maximum atomic E-state index is 12.5. The normalized spacial score (nSPS) is 13.7. The number of nitrogens with zero attached hydrogens (tertiary/aromatic N) is 2. The number of nitriles is 1. The van der Waals surface area contributed by atoms with Gasteiger partial charge in [-0.2, -0.15) is 5.26 Å². The molecule has 2 aromatic carbocycles. The molecule has 0 saturated carbocycles. The van der Waals surface area contributed by atoms with Crippen LogP contribution in [-0.2, 0) is 9.53 Å². The maximum Gasteiger partial charge on any atom is 0.329 e. The second-order valence-electron chi connectivity index (χ2n) is 6.36. The smallest absolute Gasteiger partial charge is 0.329 e. The van der Waals surface area contributed by atoms with Crippen LogP contribution in [0.3, 0.4) is 0 Å². The van der Waals surface area contributed by atoms with E-state index in [9.17, 15) is 14.4 Å². The van der Waals surface area contributed by atoms with Crippen molar-refractivity contribution >= 4 is 17.8 Å². The maximum absolute atomic E-state index is 12.5. The van der Waals surface area contributed by atoms with Gasteiger partial charge < -0.3 is 9.47 Å². The second kappa shape index (κ2) is 7.92. The van der Waals surface area contributed by atoms with Gasteiger partial charge in [-0.25, -0.2) is 4.79 Å². The summed E-state index contributed by atoms with van der Waals surface area (Å²) in [5, 5.41) is 8.75. The highest BCUT2D eigenvalue weighted by atomic mass is 16.6. The number of fused-ring (bicyclic) bond motifs is 1. The lowest BCUT2D eigenvalue weighted by Gasteiger charge is -2.20. The van der Waals surface area contributed by atoms with Gasteiger partial charge >= 0.3 is 5.97 Å². The van der Waals surface area contributed by atoms with Gasteiger partial charge in [0.05, 0.1) is 22.8 Å². The average molecular weight is 378 g/mol. The van der Waals surface area contributed by atoms with E-state index < -0.39 is 23.8 Å². The largest absolute Gasteiger partial charge is 0.490 e. The Morgan fingerprint density at radius 2 is 1.75 bits per heavy atom. The highest BCUT2D eigenvalue weighted by Gasteiger charge is 2.41. The number of aryl methyl sites for hydroxylation is 1. The van der Waals surface area contributed by atoms with E-state index in [0.717, 1.165) is 10.5 Å². The molecule has 0 radical (unpaired) electrons. The molecule has 1 heterocycles. The molecular formula is C21H18N2O5. The number of ether oxygens (including phenoxy) is 2. The molecule has 1 unspecified atom stereocenters. The minimum atomic E-state index is -1.04. The van der Waals surface area contributed by atoms with Gasteiger partial charge in [0.1, 0.15) is 25.0 Å². The fourth-order valence-corrected chi connectivity index (χ4v) is 2.88. The van der Waals surface area contributed by atoms with Gasteiger partial charge in [-0.15, -0.1) is 0 Å². The molecule has 142 valence electrons. The second-order valence-corrected chi connectivity index (χ2v) is 6.36. The van der Waals surface area contributed by atoms with Crippen LogP contribution in [0, 0.1) is 18.3 Å². The molecule has 0 aliphatic carbocycles. The summed E-state index contributed by atoms with van der Waals surface area (Å²) in [6, 6.07) is 12.5. The Labute approximate surface area is 162 Å². The minimum absolute atomic E-state index is 0.0363. The topological polar surface area (TPSA) is 96.7 Å². The SMILES string of the molecule is Cc1ccc2c(c1)C(=O)N(C(C)C(=O)OCCOc1ccc(C#N)cc1)C2=O. The van der Waals surface area contributed by atoms with E-state index in [2.05, 4.69) is 0 Å². The summed E-state index contributed by atoms with van der Waals surface area (Å²) in [4.78, 5) is 38.2. The standard InChI is InChI=1S/C21H18N2O5/c1-13-3-8-17-18(11-13)20(25)23(19(17)24)14(2)21(26)28-10-9-27-16-6-4-15(12-22)5-7-16/h3-8,11,14H,9-10H2,1-2H3. The minimum Gasteiger partial charge on any atom is -0.490 e. The Kier molecular flexibility index (Phi) is 5.41. The molecule has 7 nitrogen and oxygen atoms in total. The molecule has 1 aliphatic heterocycles. The van der Waals surface area contributed by atoms with E-state index in [1.807, 2.05) is 13.0 Å². The van der Waals surface area contributed by atoms with Crippen LogP contribution in [-0.4, -0.2) is 41.9 Å². The Balaban J connectivity index is 1.54. The fourth-order valence-electron chi connectivity index (χ4n) is 2.88. The van der Waals surface area contributed by atoms with Gasteiger partial charge in [0.15, 0.2) is 0 Å². The van der Waals surface area contributed by atoms with Crippen LogP contribution >= 0.6 is 0 Å². The van der Waals surface area contributed by atoms with Crippen LogP contribution in [0.5, 0.6) is 5.75 Å². The van der Waals surface area contributed by atoms with Crippen molar-refractivity contribution in [2.24, 2.45) is 0 Å². The van der Waals surface area contributed by atoms with E-state index >= 15 is 0 Å². The Morgan fingerprint density at radius 1 is 1.07 bits per heavy atom. The summed E-state index contributed by atoms with van der Waals surface area (Å²) in [6.45, 7) is 3.35. The van der Waals surface area contributed by atoms with E-state index in [0.29, 0.717) is 22.4 Å². The highest BCUT2D eigenvalue weighted by molar-refractivity contribution is 6.22. The van der Waals surface area contributed by atoms with E-state index in [4.69, 9.17) is 14.7 Å². The van der Waals surface area contributed by atoms with Crippen LogP contribution < -0.4 is 4.74 Å². The number of carbonyl (C=O) groups excluding carboxylic acids is 3. The molecule has 0 aromatic heterocycles. The van der Waals surface area contributed by atoms with Crippen LogP contribution in [0.15, 0.2) is 42.5 Å². The number of rotatable bonds is 6. The molecule has 2 aromatic rings. The number of hydrogen-bond donors (Lipinski definition) is 0. The van der Waals surface area contributed by atoms with Crippen molar-refractivity contribution in [2.75, 3.05) is 13.2 Å². The van der Waals surface area contributed by atoms with E-state index in [-0.39, 0.29) is 13.2 Å². The predicted molar refractivity (Wildman–Crippen MR) is 98.8 cm³/mol. The zero-order valence-electron chi connectivity index (χ0n) is 15.5. The number of hydrogen-bond acceptors (Lipinski definition) is 6. The average Bonchev–Trinajstić information content (AvgIpc) is 2.94. The van der Waals surface area contributed by atoms with E-state index in [1.54, 1.807) is 42.5 Å². The van der Waals surface area contributed by atoms with Crippen LogP contribution in [0.25, 0.3) is 0 Å². The fraction of sp³-hybridized carbons (Fsp3) is 0.238. The highest BCUT2D eigenvalue weighted by Crippen LogP contribution is 2.26. The summed E-state index contributed by atoms with van der Waals surface area (Å²) >= 11 is 0. The third-order valence-electron chi connectivity index (χ3n) is 4.38. The lowest BCUT2D eigenvalue weighted by molar-refractivity contribution is -0.148. The summed E-state index contributed by atoms with van der Waals surface area (Å²) in [7, 11) is 0. The van der Waals surface area contributed by atoms with Gasteiger partial charge in [0.25, 0.3) is 11.8 Å². The molecule has 1 aliphatic rings. The quantitative estimate of drug-likeness (QED) is 0.435. The molecule has 0 spiro atoms. The molecule has 7 heteroatoms. The third kappa shape index (κ3) is 3.71. The van der Waals surface area contributed by atoms with Crippen molar-refractivity contribution in [1.82, 2.24) is 4.90 Å². The number of esters is 1. The molecule has 0 bridgehead atoms. The molecule has 0 fully saturated rings. The summed E-state index contributed by atoms with van der Waals surface area (Å²) in [5.41, 5.74) is 1.97. The molecule has 0 N–H and O–H groups in total. The summed E-state index contributed by atoms with van der Waals surface area (Å²) in [6.07, 6.45) is 0. The molecule has 1 atom stereocenters. The van der Waals surface area contributed by atoms with Crippen LogP contribution in [0.1, 0.15) is 38.8 Å². The number of carbonyl (C=O) groups is 3. The lowest BCUT2D eigenvalue weighted by atomic mass is 10.1. The zero-order valence-corrected chi connectivity index (χ0v) is 15.5. The number of amides is 2. The third-order valence-corrected chi connectivity index (χ3v) is 4.38. The molecule has 0 saturated heterocycles. The Bertz CT molecular complexity index is 975. The van der Waals surface area contributed by atoms with Crippen molar-refractivity contribution in [3.05, 3.63) is 64.7 Å². The monoisotopic (exact) mass is 378 g/mol. The first-order valence-corrected chi connectivity index (χ1v) is 8.70. The molecular weight excluding hydrogens is 360 g/mol. The summed E-state index contributed by atoms with van der Waals surface area (Å²) < 4.78 is 10.6. The van der Waals surface area contributed by atoms with Crippen molar-refractivity contribution in [3.63, 3.8) is 0 Å². The molecule has 28 heavy (non-hydrogen) atoms. The van der Waals surface area contributed by atoms with Gasteiger partial charge in [-0.1, -0.05) is 11.6 Å². The van der Waals surface area contributed by atoms with Crippen molar-refractivity contribution in [2.45, 2.75) is 19.9 Å². The number of benzene rings is 2. The molecule has 2 amide bonds. The Hall–Kier alpha value is -3.66. The van der Waals surface area contributed by atoms with Crippen molar-refractivity contribution in [1.29, 1.82) is 5.26 Å².